The molecule has 2 unspecified atom stereocenters. The Hall–Kier alpha value is -1.14. The van der Waals surface area contributed by atoms with E-state index in [9.17, 15) is 9.59 Å². The van der Waals surface area contributed by atoms with Crippen LogP contribution in [-0.4, -0.2) is 44.2 Å². The highest BCUT2D eigenvalue weighted by molar-refractivity contribution is 5.89. The molecule has 4 N–H and O–H groups in total. The number of amides is 2. The SMILES string of the molecule is COCC(N)C(=O)NC1CCCCNC1=O. The third kappa shape index (κ3) is 3.79. The van der Waals surface area contributed by atoms with Gasteiger partial charge in [-0.25, -0.2) is 0 Å². The van der Waals surface area contributed by atoms with Crippen LogP contribution in [0, 0.1) is 0 Å². The maximum atomic E-state index is 11.6. The van der Waals surface area contributed by atoms with E-state index in [-0.39, 0.29) is 18.4 Å². The molecule has 0 bridgehead atoms. The highest BCUT2D eigenvalue weighted by Gasteiger charge is 2.24. The van der Waals surface area contributed by atoms with Crippen molar-refractivity contribution < 1.29 is 14.3 Å². The van der Waals surface area contributed by atoms with Gasteiger partial charge in [-0.15, -0.1) is 0 Å². The van der Waals surface area contributed by atoms with E-state index < -0.39 is 12.1 Å². The quantitative estimate of drug-likeness (QED) is 0.561. The van der Waals surface area contributed by atoms with E-state index in [1.54, 1.807) is 0 Å². The minimum Gasteiger partial charge on any atom is -0.383 e. The number of carbonyl (C=O) groups excluding carboxylic acids is 2. The molecular formula is C10H19N3O3. The van der Waals surface area contributed by atoms with Gasteiger partial charge in [0.05, 0.1) is 6.61 Å². The Balaban J connectivity index is 2.44. The van der Waals surface area contributed by atoms with Crippen molar-refractivity contribution in [1.29, 1.82) is 0 Å². The molecule has 1 aliphatic rings. The van der Waals surface area contributed by atoms with Crippen molar-refractivity contribution in [3.63, 3.8) is 0 Å². The van der Waals surface area contributed by atoms with Crippen molar-refractivity contribution >= 4 is 11.8 Å². The van der Waals surface area contributed by atoms with E-state index in [0.29, 0.717) is 13.0 Å². The zero-order chi connectivity index (χ0) is 12.0. The first-order valence-electron chi connectivity index (χ1n) is 5.47. The third-order valence-electron chi connectivity index (χ3n) is 2.53. The Bertz CT molecular complexity index is 258. The summed E-state index contributed by atoms with van der Waals surface area (Å²) in [6, 6.07) is -1.18. The fraction of sp³-hybridized carbons (Fsp3) is 0.800. The van der Waals surface area contributed by atoms with Gasteiger partial charge in [-0.2, -0.15) is 0 Å². The van der Waals surface area contributed by atoms with E-state index in [0.717, 1.165) is 12.8 Å². The lowest BCUT2D eigenvalue weighted by Gasteiger charge is -2.17. The molecule has 92 valence electrons. The molecule has 16 heavy (non-hydrogen) atoms. The molecule has 6 heteroatoms. The molecule has 0 saturated carbocycles. The second-order valence-electron chi connectivity index (χ2n) is 3.91. The summed E-state index contributed by atoms with van der Waals surface area (Å²) in [5.74, 6) is -0.473. The lowest BCUT2D eigenvalue weighted by atomic mass is 10.1. The number of hydrogen-bond donors (Lipinski definition) is 3. The Labute approximate surface area is 94.9 Å². The van der Waals surface area contributed by atoms with Gasteiger partial charge in [0.1, 0.15) is 12.1 Å². The van der Waals surface area contributed by atoms with Crippen molar-refractivity contribution in [3.05, 3.63) is 0 Å². The second-order valence-corrected chi connectivity index (χ2v) is 3.91. The first-order chi connectivity index (χ1) is 7.65. The number of hydrogen-bond acceptors (Lipinski definition) is 4. The van der Waals surface area contributed by atoms with Gasteiger partial charge in [0.2, 0.25) is 11.8 Å². The summed E-state index contributed by atoms with van der Waals surface area (Å²) in [6.07, 6.45) is 2.53. The van der Waals surface area contributed by atoms with Gasteiger partial charge in [0, 0.05) is 13.7 Å². The maximum Gasteiger partial charge on any atom is 0.242 e. The van der Waals surface area contributed by atoms with Crippen LogP contribution in [0.25, 0.3) is 0 Å². The first kappa shape index (κ1) is 12.9. The molecule has 0 aromatic carbocycles. The summed E-state index contributed by atoms with van der Waals surface area (Å²) in [5, 5.41) is 5.38. The van der Waals surface area contributed by atoms with E-state index in [1.807, 2.05) is 0 Å². The van der Waals surface area contributed by atoms with Gasteiger partial charge in [-0.3, -0.25) is 9.59 Å². The number of methoxy groups -OCH3 is 1. The van der Waals surface area contributed by atoms with Gasteiger partial charge in [-0.05, 0) is 19.3 Å². The highest BCUT2D eigenvalue weighted by Crippen LogP contribution is 2.05. The summed E-state index contributed by atoms with van der Waals surface area (Å²) in [7, 11) is 1.48. The molecule has 0 radical (unpaired) electrons. The molecule has 2 amide bonds. The smallest absolute Gasteiger partial charge is 0.242 e. The van der Waals surface area contributed by atoms with Gasteiger partial charge in [-0.1, -0.05) is 0 Å². The zero-order valence-corrected chi connectivity index (χ0v) is 9.49. The van der Waals surface area contributed by atoms with Gasteiger partial charge in [0.25, 0.3) is 0 Å². The molecule has 1 rings (SSSR count). The predicted molar refractivity (Wildman–Crippen MR) is 58.6 cm³/mol. The lowest BCUT2D eigenvalue weighted by Crippen LogP contribution is -2.52. The van der Waals surface area contributed by atoms with Crippen LogP contribution in [0.4, 0.5) is 0 Å². The van der Waals surface area contributed by atoms with Gasteiger partial charge in [0.15, 0.2) is 0 Å². The van der Waals surface area contributed by atoms with Crippen LogP contribution in [0.2, 0.25) is 0 Å². The second kappa shape index (κ2) is 6.44. The van der Waals surface area contributed by atoms with E-state index in [2.05, 4.69) is 10.6 Å². The molecule has 1 saturated heterocycles. The van der Waals surface area contributed by atoms with Crippen molar-refractivity contribution in [3.8, 4) is 0 Å². The average molecular weight is 229 g/mol. The lowest BCUT2D eigenvalue weighted by molar-refractivity contribution is -0.130. The topological polar surface area (TPSA) is 93.4 Å². The summed E-state index contributed by atoms with van der Waals surface area (Å²) < 4.78 is 4.78. The summed E-state index contributed by atoms with van der Waals surface area (Å²) >= 11 is 0. The first-order valence-corrected chi connectivity index (χ1v) is 5.47. The van der Waals surface area contributed by atoms with Crippen LogP contribution in [-0.2, 0) is 14.3 Å². The maximum absolute atomic E-state index is 11.6. The van der Waals surface area contributed by atoms with Crippen LogP contribution in [0.1, 0.15) is 19.3 Å². The average Bonchev–Trinajstić information content (AvgIpc) is 2.45. The fourth-order valence-corrected chi connectivity index (χ4v) is 1.61. The number of nitrogens with two attached hydrogens (primary N) is 1. The van der Waals surface area contributed by atoms with Crippen LogP contribution < -0.4 is 16.4 Å². The number of carbonyl (C=O) groups is 2. The van der Waals surface area contributed by atoms with Crippen LogP contribution in [0.15, 0.2) is 0 Å². The zero-order valence-electron chi connectivity index (χ0n) is 9.49. The van der Waals surface area contributed by atoms with Gasteiger partial charge < -0.3 is 21.1 Å². The molecule has 1 fully saturated rings. The number of nitrogens with one attached hydrogen (secondary N) is 2. The standard InChI is InChI=1S/C10H19N3O3/c1-16-6-7(11)9(14)13-8-4-2-3-5-12-10(8)15/h7-8H,2-6,11H2,1H3,(H,12,15)(H,13,14). The Morgan fingerprint density at radius 2 is 2.44 bits per heavy atom. The monoisotopic (exact) mass is 229 g/mol. The van der Waals surface area contributed by atoms with Crippen LogP contribution in [0.5, 0.6) is 0 Å². The Kier molecular flexibility index (Phi) is 5.21. The minimum absolute atomic E-state index is 0.129. The highest BCUT2D eigenvalue weighted by atomic mass is 16.5. The molecule has 1 heterocycles. The molecule has 2 atom stereocenters. The Morgan fingerprint density at radius 1 is 1.69 bits per heavy atom. The predicted octanol–water partition coefficient (Wildman–Crippen LogP) is -1.25. The minimum atomic E-state index is -0.721. The molecular weight excluding hydrogens is 210 g/mol. The summed E-state index contributed by atoms with van der Waals surface area (Å²) in [6.45, 7) is 0.829. The molecule has 1 aliphatic heterocycles. The fourth-order valence-electron chi connectivity index (χ4n) is 1.61. The van der Waals surface area contributed by atoms with Crippen LogP contribution in [0.3, 0.4) is 0 Å². The normalized spacial score (nSPS) is 23.1. The molecule has 6 nitrogen and oxygen atoms in total. The van der Waals surface area contributed by atoms with E-state index in [1.165, 1.54) is 7.11 Å². The number of rotatable bonds is 4. The van der Waals surface area contributed by atoms with Gasteiger partial charge >= 0.3 is 0 Å². The molecule has 0 aromatic heterocycles. The van der Waals surface area contributed by atoms with Crippen molar-refractivity contribution in [2.75, 3.05) is 20.3 Å². The Morgan fingerprint density at radius 3 is 3.12 bits per heavy atom. The molecule has 0 aliphatic carbocycles. The van der Waals surface area contributed by atoms with E-state index >= 15 is 0 Å². The van der Waals surface area contributed by atoms with E-state index in [4.69, 9.17) is 10.5 Å². The third-order valence-corrected chi connectivity index (χ3v) is 2.53. The van der Waals surface area contributed by atoms with Crippen molar-refractivity contribution in [2.24, 2.45) is 5.73 Å². The number of ether oxygens (including phenoxy) is 1. The largest absolute Gasteiger partial charge is 0.383 e. The molecule has 0 spiro atoms. The van der Waals surface area contributed by atoms with Crippen molar-refractivity contribution in [2.45, 2.75) is 31.3 Å². The summed E-state index contributed by atoms with van der Waals surface area (Å²) in [4.78, 5) is 23.1. The van der Waals surface area contributed by atoms with Crippen LogP contribution >= 0.6 is 0 Å². The summed E-state index contributed by atoms with van der Waals surface area (Å²) in [5.41, 5.74) is 5.56. The van der Waals surface area contributed by atoms with Crippen molar-refractivity contribution in [1.82, 2.24) is 10.6 Å². The molecule has 0 aromatic rings.